The van der Waals surface area contributed by atoms with Crippen LogP contribution in [0.25, 0.3) is 0 Å². The second-order valence-corrected chi connectivity index (χ2v) is 5.10. The Morgan fingerprint density at radius 3 is 2.50 bits per heavy atom. The lowest BCUT2D eigenvalue weighted by atomic mass is 9.90. The molecule has 0 heterocycles. The second-order valence-electron chi connectivity index (χ2n) is 4.31. The van der Waals surface area contributed by atoms with Gasteiger partial charge in [-0.1, -0.05) is 6.07 Å². The summed E-state index contributed by atoms with van der Waals surface area (Å²) in [5.41, 5.74) is 0.767. The average Bonchev–Trinajstić information content (AvgIpc) is 3.03. The Labute approximate surface area is 103 Å². The number of benzene rings is 1. The number of phenols is 1. The summed E-state index contributed by atoms with van der Waals surface area (Å²) in [6, 6.07) is 3.64. The summed E-state index contributed by atoms with van der Waals surface area (Å²) >= 11 is 3.37. The van der Waals surface area contributed by atoms with Crippen LogP contribution in [0.15, 0.2) is 16.6 Å². The Kier molecular flexibility index (Phi) is 2.88. The van der Waals surface area contributed by atoms with Crippen LogP contribution in [0.5, 0.6) is 11.5 Å². The highest BCUT2D eigenvalue weighted by molar-refractivity contribution is 9.10. The van der Waals surface area contributed by atoms with Gasteiger partial charge in [0, 0.05) is 5.41 Å². The summed E-state index contributed by atoms with van der Waals surface area (Å²) in [5.74, 6) is 0.545. The van der Waals surface area contributed by atoms with Crippen molar-refractivity contribution in [1.29, 1.82) is 0 Å². The van der Waals surface area contributed by atoms with Crippen LogP contribution < -0.4 is 4.74 Å². The molecule has 2 rings (SSSR count). The lowest BCUT2D eigenvalue weighted by Crippen LogP contribution is -2.23. The van der Waals surface area contributed by atoms with Gasteiger partial charge in [-0.05, 0) is 47.3 Å². The van der Waals surface area contributed by atoms with E-state index in [4.69, 9.17) is 4.74 Å². The van der Waals surface area contributed by atoms with E-state index in [0.717, 1.165) is 18.4 Å². The number of rotatable bonds is 3. The minimum atomic E-state index is -0.406. The summed E-state index contributed by atoms with van der Waals surface area (Å²) in [5, 5.41) is 19.7. The van der Waals surface area contributed by atoms with E-state index in [1.807, 2.05) is 6.07 Å². The quantitative estimate of drug-likeness (QED) is 0.898. The first-order chi connectivity index (χ1) is 7.53. The van der Waals surface area contributed by atoms with Gasteiger partial charge < -0.3 is 14.9 Å². The lowest BCUT2D eigenvalue weighted by Gasteiger charge is -2.21. The van der Waals surface area contributed by atoms with Crippen LogP contribution in [0.2, 0.25) is 0 Å². The summed E-state index contributed by atoms with van der Waals surface area (Å²) < 4.78 is 5.66. The normalized spacial score (nSPS) is 19.2. The maximum absolute atomic E-state index is 9.90. The first-order valence-corrected chi connectivity index (χ1v) is 6.06. The number of phenolic OH excluding ortho intramolecular Hbond substituents is 1. The van der Waals surface area contributed by atoms with Crippen molar-refractivity contribution in [2.75, 3.05) is 7.11 Å². The summed E-state index contributed by atoms with van der Waals surface area (Å²) in [6.45, 7) is 1.79. The van der Waals surface area contributed by atoms with Gasteiger partial charge in [-0.15, -0.1) is 0 Å². The molecule has 1 aliphatic carbocycles. The van der Waals surface area contributed by atoms with Crippen molar-refractivity contribution in [1.82, 2.24) is 0 Å². The number of aliphatic hydroxyl groups excluding tert-OH is 1. The minimum Gasteiger partial charge on any atom is -0.503 e. The third-order valence-corrected chi connectivity index (χ3v) is 4.23. The molecule has 1 fully saturated rings. The van der Waals surface area contributed by atoms with Crippen LogP contribution >= 0.6 is 15.9 Å². The molecule has 0 spiro atoms. The van der Waals surface area contributed by atoms with E-state index in [1.54, 1.807) is 13.0 Å². The Morgan fingerprint density at radius 2 is 2.06 bits per heavy atom. The van der Waals surface area contributed by atoms with Crippen molar-refractivity contribution in [2.24, 2.45) is 0 Å². The maximum Gasteiger partial charge on any atom is 0.172 e. The van der Waals surface area contributed by atoms with E-state index >= 15 is 0 Å². The number of hydrogen-bond acceptors (Lipinski definition) is 3. The number of halogens is 1. The van der Waals surface area contributed by atoms with Gasteiger partial charge in [-0.2, -0.15) is 0 Å². The summed E-state index contributed by atoms with van der Waals surface area (Å²) in [4.78, 5) is 0. The van der Waals surface area contributed by atoms with Crippen molar-refractivity contribution in [2.45, 2.75) is 31.3 Å². The molecular formula is C12H15BrO3. The van der Waals surface area contributed by atoms with Crippen LogP contribution in [0.1, 0.15) is 25.3 Å². The van der Waals surface area contributed by atoms with E-state index in [9.17, 15) is 10.2 Å². The largest absolute Gasteiger partial charge is 0.503 e. The zero-order valence-corrected chi connectivity index (χ0v) is 10.9. The topological polar surface area (TPSA) is 49.7 Å². The highest BCUT2D eigenvalue weighted by atomic mass is 79.9. The number of methoxy groups -OCH3 is 1. The molecule has 1 aromatic carbocycles. The van der Waals surface area contributed by atoms with E-state index in [1.165, 1.54) is 7.11 Å². The molecule has 1 saturated carbocycles. The zero-order chi connectivity index (χ0) is 11.9. The lowest BCUT2D eigenvalue weighted by molar-refractivity contribution is 0.150. The third kappa shape index (κ3) is 1.60. The molecule has 0 aliphatic heterocycles. The van der Waals surface area contributed by atoms with Gasteiger partial charge in [0.25, 0.3) is 0 Å². The molecule has 1 atom stereocenters. The molecule has 0 bridgehead atoms. The number of aliphatic hydroxyl groups is 1. The molecule has 16 heavy (non-hydrogen) atoms. The number of ether oxygens (including phenoxy) is 1. The van der Waals surface area contributed by atoms with Gasteiger partial charge in [0.05, 0.1) is 17.7 Å². The molecule has 88 valence electrons. The third-order valence-electron chi connectivity index (χ3n) is 3.42. The van der Waals surface area contributed by atoms with Crippen LogP contribution in [-0.2, 0) is 5.41 Å². The highest BCUT2D eigenvalue weighted by Crippen LogP contribution is 2.55. The van der Waals surface area contributed by atoms with Gasteiger partial charge in [0.1, 0.15) is 0 Å². The van der Waals surface area contributed by atoms with Crippen LogP contribution in [0.4, 0.5) is 0 Å². The predicted octanol–water partition coefficient (Wildman–Crippen LogP) is 2.58. The van der Waals surface area contributed by atoms with Crippen molar-refractivity contribution in [3.63, 3.8) is 0 Å². The van der Waals surface area contributed by atoms with Gasteiger partial charge in [0.15, 0.2) is 11.5 Å². The Morgan fingerprint density at radius 1 is 1.44 bits per heavy atom. The maximum atomic E-state index is 9.90. The van der Waals surface area contributed by atoms with Crippen molar-refractivity contribution < 1.29 is 14.9 Å². The molecule has 1 aromatic rings. The van der Waals surface area contributed by atoms with Crippen LogP contribution in [-0.4, -0.2) is 23.4 Å². The van der Waals surface area contributed by atoms with Crippen LogP contribution in [0, 0.1) is 0 Å². The molecule has 0 amide bonds. The first-order valence-electron chi connectivity index (χ1n) is 5.27. The molecule has 0 aromatic heterocycles. The molecule has 3 nitrogen and oxygen atoms in total. The minimum absolute atomic E-state index is 0.104. The van der Waals surface area contributed by atoms with Gasteiger partial charge in [-0.3, -0.25) is 0 Å². The average molecular weight is 287 g/mol. The second kappa shape index (κ2) is 3.93. The monoisotopic (exact) mass is 286 g/mol. The molecule has 1 aliphatic rings. The fraction of sp³-hybridized carbons (Fsp3) is 0.500. The van der Waals surface area contributed by atoms with Crippen LogP contribution in [0.3, 0.4) is 0 Å². The molecule has 4 heteroatoms. The van der Waals surface area contributed by atoms with E-state index < -0.39 is 6.10 Å². The number of aromatic hydroxyl groups is 1. The SMILES string of the molecule is COc1ccc(C2(C(C)O)CC2)c(Br)c1O. The highest BCUT2D eigenvalue weighted by Gasteiger charge is 2.49. The predicted molar refractivity (Wildman–Crippen MR) is 65.0 cm³/mol. The smallest absolute Gasteiger partial charge is 0.172 e. The molecular weight excluding hydrogens is 272 g/mol. The Hall–Kier alpha value is -0.740. The first kappa shape index (κ1) is 11.7. The van der Waals surface area contributed by atoms with Crippen molar-refractivity contribution in [3.8, 4) is 11.5 Å². The number of hydrogen-bond donors (Lipinski definition) is 2. The Bertz CT molecular complexity index is 411. The fourth-order valence-electron chi connectivity index (χ4n) is 2.14. The Balaban J connectivity index is 2.48. The molecule has 1 unspecified atom stereocenters. The van der Waals surface area contributed by atoms with Gasteiger partial charge >= 0.3 is 0 Å². The zero-order valence-electron chi connectivity index (χ0n) is 9.33. The fourth-order valence-corrected chi connectivity index (χ4v) is 2.87. The summed E-state index contributed by atoms with van der Waals surface area (Å²) in [7, 11) is 1.52. The van der Waals surface area contributed by atoms with E-state index in [2.05, 4.69) is 15.9 Å². The van der Waals surface area contributed by atoms with Gasteiger partial charge in [0.2, 0.25) is 0 Å². The van der Waals surface area contributed by atoms with E-state index in [-0.39, 0.29) is 11.2 Å². The van der Waals surface area contributed by atoms with Gasteiger partial charge in [-0.25, -0.2) is 0 Å². The summed E-state index contributed by atoms with van der Waals surface area (Å²) in [6.07, 6.45) is 1.50. The molecule has 0 saturated heterocycles. The van der Waals surface area contributed by atoms with E-state index in [0.29, 0.717) is 10.2 Å². The van der Waals surface area contributed by atoms with Crippen molar-refractivity contribution >= 4 is 15.9 Å². The standard InChI is InChI=1S/C12H15BrO3/c1-7(14)12(5-6-12)8-3-4-9(16-2)11(15)10(8)13/h3-4,7,14-15H,5-6H2,1-2H3. The van der Waals surface area contributed by atoms with Crippen molar-refractivity contribution in [3.05, 3.63) is 22.2 Å². The molecule has 0 radical (unpaired) electrons. The molecule has 2 N–H and O–H groups in total.